The lowest BCUT2D eigenvalue weighted by Gasteiger charge is -2.31. The molecule has 7 nitrogen and oxygen atoms in total. The Labute approximate surface area is 147 Å². The lowest BCUT2D eigenvalue weighted by molar-refractivity contribution is -0.140. The molecule has 0 saturated carbocycles. The van der Waals surface area contributed by atoms with E-state index in [9.17, 15) is 9.59 Å². The molecule has 0 aromatic heterocycles. The van der Waals surface area contributed by atoms with Crippen LogP contribution in [0.15, 0.2) is 35.5 Å². The van der Waals surface area contributed by atoms with Crippen LogP contribution in [-0.4, -0.2) is 45.5 Å². The molecule has 7 heteroatoms. The summed E-state index contributed by atoms with van der Waals surface area (Å²) >= 11 is 0. The molecule has 2 rings (SSSR count). The summed E-state index contributed by atoms with van der Waals surface area (Å²) in [7, 11) is 2.54. The van der Waals surface area contributed by atoms with E-state index in [1.807, 2.05) is 24.3 Å². The highest BCUT2D eigenvalue weighted by atomic mass is 16.5. The number of rotatable bonds is 6. The summed E-state index contributed by atoms with van der Waals surface area (Å²) in [5.41, 5.74) is 2.14. The van der Waals surface area contributed by atoms with E-state index in [1.165, 1.54) is 14.2 Å². The molecule has 1 heterocycles. The number of hydrogen-bond donors (Lipinski definition) is 1. The van der Waals surface area contributed by atoms with Gasteiger partial charge in [0.1, 0.15) is 12.4 Å². The van der Waals surface area contributed by atoms with Gasteiger partial charge in [0, 0.05) is 18.3 Å². The first-order chi connectivity index (χ1) is 12.0. The minimum absolute atomic E-state index is 0.00397. The maximum Gasteiger partial charge on any atom is 0.355 e. The summed E-state index contributed by atoms with van der Waals surface area (Å²) in [4.78, 5) is 25.8. The molecule has 25 heavy (non-hydrogen) atoms. The maximum absolute atomic E-state index is 12.2. The molecule has 0 aliphatic carbocycles. The van der Waals surface area contributed by atoms with Gasteiger partial charge in [0.25, 0.3) is 0 Å². The molecular weight excluding hydrogens is 324 g/mol. The molecule has 136 valence electrons. The smallest absolute Gasteiger partial charge is 0.355 e. The molecule has 1 aromatic carbocycles. The first-order valence-corrected chi connectivity index (χ1v) is 8.05. The highest BCUT2D eigenvalue weighted by Gasteiger charge is 2.32. The number of carbonyl (C=O) groups excluding carboxylic acids is 2. The zero-order chi connectivity index (χ0) is 18.4. The van der Waals surface area contributed by atoms with Crippen LogP contribution in [0.1, 0.15) is 19.4 Å². The van der Waals surface area contributed by atoms with E-state index >= 15 is 0 Å². The van der Waals surface area contributed by atoms with Gasteiger partial charge in [-0.3, -0.25) is 0 Å². The van der Waals surface area contributed by atoms with Crippen LogP contribution in [0.25, 0.3) is 0 Å². The number of hydrogen-bond acceptors (Lipinski definition) is 7. The molecule has 1 aliphatic heterocycles. The highest BCUT2D eigenvalue weighted by molar-refractivity contribution is 6.03. The van der Waals surface area contributed by atoms with Gasteiger partial charge in [-0.05, 0) is 17.7 Å². The topological polar surface area (TPSA) is 77.1 Å². The van der Waals surface area contributed by atoms with Crippen molar-refractivity contribution >= 4 is 17.6 Å². The molecule has 0 spiro atoms. The number of benzene rings is 1. The van der Waals surface area contributed by atoms with Crippen molar-refractivity contribution < 1.29 is 23.8 Å². The van der Waals surface area contributed by atoms with Crippen molar-refractivity contribution in [1.29, 1.82) is 0 Å². The highest BCUT2D eigenvalue weighted by Crippen LogP contribution is 2.26. The molecule has 0 saturated heterocycles. The van der Waals surface area contributed by atoms with Gasteiger partial charge >= 0.3 is 11.9 Å². The van der Waals surface area contributed by atoms with E-state index in [-0.39, 0.29) is 24.6 Å². The Bertz CT molecular complexity index is 652. The zero-order valence-electron chi connectivity index (χ0n) is 15.0. The molecule has 1 aliphatic rings. The summed E-state index contributed by atoms with van der Waals surface area (Å²) < 4.78 is 15.0. The number of nitrogens with one attached hydrogen (secondary N) is 1. The van der Waals surface area contributed by atoms with Gasteiger partial charge in [0.15, 0.2) is 0 Å². The molecule has 0 unspecified atom stereocenters. The minimum atomic E-state index is -0.608. The van der Waals surface area contributed by atoms with Gasteiger partial charge in [-0.25, -0.2) is 9.59 Å². The average molecular weight is 348 g/mol. The SMILES string of the molecule is COC(=O)C1=C(C(=O)OC)N(c2ccc(CNC(C)C)cc2)COC1. The summed E-state index contributed by atoms with van der Waals surface area (Å²) in [5, 5.41) is 3.34. The number of ether oxygens (including phenoxy) is 3. The third kappa shape index (κ3) is 4.58. The van der Waals surface area contributed by atoms with Gasteiger partial charge in [-0.15, -0.1) is 0 Å². The summed E-state index contributed by atoms with van der Waals surface area (Å²) in [6, 6.07) is 8.08. The fourth-order valence-electron chi connectivity index (χ4n) is 2.46. The standard InChI is InChI=1S/C18H24N2O5/c1-12(2)19-9-13-5-7-14(8-6-13)20-11-25-10-15(17(21)23-3)16(20)18(22)24-4/h5-8,12,19H,9-11H2,1-4H3. The summed E-state index contributed by atoms with van der Waals surface area (Å²) in [5.74, 6) is -1.21. The van der Waals surface area contributed by atoms with Crippen LogP contribution in [0.2, 0.25) is 0 Å². The number of methoxy groups -OCH3 is 2. The number of anilines is 1. The quantitative estimate of drug-likeness (QED) is 0.782. The van der Waals surface area contributed by atoms with Gasteiger partial charge in [0.2, 0.25) is 0 Å². The molecule has 0 atom stereocenters. The zero-order valence-corrected chi connectivity index (χ0v) is 15.0. The molecule has 0 radical (unpaired) electrons. The maximum atomic E-state index is 12.2. The van der Waals surface area contributed by atoms with Crippen molar-refractivity contribution in [3.63, 3.8) is 0 Å². The summed E-state index contributed by atoms with van der Waals surface area (Å²) in [6.07, 6.45) is 0. The third-order valence-electron chi connectivity index (χ3n) is 3.80. The summed E-state index contributed by atoms with van der Waals surface area (Å²) in [6.45, 7) is 5.07. The predicted octanol–water partition coefficient (Wildman–Crippen LogP) is 1.58. The molecule has 1 aromatic rings. The second kappa shape index (κ2) is 8.64. The van der Waals surface area contributed by atoms with E-state index in [1.54, 1.807) is 4.90 Å². The second-order valence-electron chi connectivity index (χ2n) is 5.92. The molecular formula is C18H24N2O5. The molecule has 0 fully saturated rings. The Hall–Kier alpha value is -2.38. The van der Waals surface area contributed by atoms with E-state index in [4.69, 9.17) is 14.2 Å². The van der Waals surface area contributed by atoms with Crippen molar-refractivity contribution in [2.45, 2.75) is 26.4 Å². The van der Waals surface area contributed by atoms with Crippen molar-refractivity contribution in [3.05, 3.63) is 41.1 Å². The lowest BCUT2D eigenvalue weighted by Crippen LogP contribution is -2.38. The average Bonchev–Trinajstić information content (AvgIpc) is 2.64. The van der Waals surface area contributed by atoms with Crippen LogP contribution >= 0.6 is 0 Å². The van der Waals surface area contributed by atoms with Crippen LogP contribution < -0.4 is 10.2 Å². The Balaban J connectivity index is 2.32. The van der Waals surface area contributed by atoms with Crippen LogP contribution in [0.3, 0.4) is 0 Å². The largest absolute Gasteiger partial charge is 0.466 e. The van der Waals surface area contributed by atoms with Gasteiger partial charge < -0.3 is 24.4 Å². The van der Waals surface area contributed by atoms with Crippen LogP contribution in [0.4, 0.5) is 5.69 Å². The normalized spacial score (nSPS) is 14.7. The molecule has 0 bridgehead atoms. The monoisotopic (exact) mass is 348 g/mol. The van der Waals surface area contributed by atoms with Crippen molar-refractivity contribution in [1.82, 2.24) is 5.32 Å². The molecule has 0 amide bonds. The Morgan fingerprint density at radius 1 is 1.16 bits per heavy atom. The fourth-order valence-corrected chi connectivity index (χ4v) is 2.46. The Kier molecular flexibility index (Phi) is 6.55. The van der Waals surface area contributed by atoms with E-state index in [2.05, 4.69) is 19.2 Å². The second-order valence-corrected chi connectivity index (χ2v) is 5.92. The Morgan fingerprint density at radius 3 is 2.36 bits per heavy atom. The number of esters is 2. The van der Waals surface area contributed by atoms with Gasteiger partial charge in [-0.1, -0.05) is 26.0 Å². The number of carbonyl (C=O) groups is 2. The minimum Gasteiger partial charge on any atom is -0.466 e. The van der Waals surface area contributed by atoms with Crippen molar-refractivity contribution in [3.8, 4) is 0 Å². The van der Waals surface area contributed by atoms with Crippen molar-refractivity contribution in [2.24, 2.45) is 0 Å². The molecule has 1 N–H and O–H groups in total. The van der Waals surface area contributed by atoms with Crippen molar-refractivity contribution in [2.75, 3.05) is 32.5 Å². The van der Waals surface area contributed by atoms with Gasteiger partial charge in [0.05, 0.1) is 26.4 Å². The van der Waals surface area contributed by atoms with E-state index < -0.39 is 11.9 Å². The first-order valence-electron chi connectivity index (χ1n) is 8.05. The van der Waals surface area contributed by atoms with Gasteiger partial charge in [-0.2, -0.15) is 0 Å². The van der Waals surface area contributed by atoms with E-state index in [0.29, 0.717) is 6.04 Å². The van der Waals surface area contributed by atoms with E-state index in [0.717, 1.165) is 17.8 Å². The predicted molar refractivity (Wildman–Crippen MR) is 92.8 cm³/mol. The van der Waals surface area contributed by atoms with Crippen LogP contribution in [0, 0.1) is 0 Å². The number of nitrogens with zero attached hydrogens (tertiary/aromatic N) is 1. The first kappa shape index (κ1) is 19.0. The van der Waals surface area contributed by atoms with Crippen LogP contribution in [-0.2, 0) is 30.3 Å². The fraction of sp³-hybridized carbons (Fsp3) is 0.444. The lowest BCUT2D eigenvalue weighted by atomic mass is 10.1. The van der Waals surface area contributed by atoms with Crippen LogP contribution in [0.5, 0.6) is 0 Å². The third-order valence-corrected chi connectivity index (χ3v) is 3.80. The Morgan fingerprint density at radius 2 is 1.80 bits per heavy atom.